The monoisotopic (exact) mass is 607 g/mol. The highest BCUT2D eigenvalue weighted by Crippen LogP contribution is 2.43. The summed E-state index contributed by atoms with van der Waals surface area (Å²) < 4.78 is 6.94. The average molecular weight is 608 g/mol. The second-order valence-corrected chi connectivity index (χ2v) is 11.2. The van der Waals surface area contributed by atoms with Crippen molar-refractivity contribution in [3.05, 3.63) is 143 Å². The van der Waals surface area contributed by atoms with Gasteiger partial charge in [0.25, 0.3) is 5.69 Å². The summed E-state index contributed by atoms with van der Waals surface area (Å²) in [5.41, 5.74) is 4.17. The van der Waals surface area contributed by atoms with Crippen LogP contribution in [-0.4, -0.2) is 32.7 Å². The molecule has 3 heterocycles. The number of non-ortho nitro benzene ring substituents is 1. The number of anilines is 1. The number of ether oxygens (including phenoxy) is 1. The predicted octanol–water partition coefficient (Wildman–Crippen LogP) is 6.90. The Morgan fingerprint density at radius 3 is 2.23 bits per heavy atom. The Bertz CT molecular complexity index is 1780. The number of rotatable bonds is 8. The molecule has 1 fully saturated rings. The standard InChI is InChI=1S/C32H25N5O4S2/c1-41-31(38)21-7-9-22(10-8-21)35-20-4-6-28(35)30-29(27-5-2-3-19-33-27)34-32(42)36(30)23-11-15-25(16-12-23)43-26-17-13-24(14-18-26)37(39)40/h2-20,29-30H,1H3,(H,34,42)/t29-,30-/m0/s1. The van der Waals surface area contributed by atoms with Crippen LogP contribution in [0.25, 0.3) is 5.69 Å². The summed E-state index contributed by atoms with van der Waals surface area (Å²) in [6.07, 6.45) is 3.76. The number of carbonyl (C=O) groups is 1. The van der Waals surface area contributed by atoms with Crippen LogP contribution in [0.3, 0.4) is 0 Å². The van der Waals surface area contributed by atoms with Crippen LogP contribution in [0.15, 0.2) is 125 Å². The van der Waals surface area contributed by atoms with Gasteiger partial charge in [-0.2, -0.15) is 0 Å². The van der Waals surface area contributed by atoms with Crippen molar-refractivity contribution < 1.29 is 14.5 Å². The van der Waals surface area contributed by atoms with Gasteiger partial charge in [-0.15, -0.1) is 0 Å². The van der Waals surface area contributed by atoms with Gasteiger partial charge in [0.1, 0.15) is 6.04 Å². The maximum Gasteiger partial charge on any atom is 0.337 e. The molecule has 0 unspecified atom stereocenters. The lowest BCUT2D eigenvalue weighted by molar-refractivity contribution is -0.384. The van der Waals surface area contributed by atoms with Gasteiger partial charge < -0.3 is 19.5 Å². The topological polar surface area (TPSA) is 103 Å². The number of aromatic nitrogens is 2. The van der Waals surface area contributed by atoms with Gasteiger partial charge in [0.05, 0.1) is 29.3 Å². The molecule has 6 rings (SSSR count). The maximum atomic E-state index is 12.0. The molecule has 0 aliphatic carbocycles. The van der Waals surface area contributed by atoms with Crippen molar-refractivity contribution >= 4 is 46.4 Å². The molecule has 9 nitrogen and oxygen atoms in total. The summed E-state index contributed by atoms with van der Waals surface area (Å²) in [7, 11) is 1.36. The van der Waals surface area contributed by atoms with Crippen LogP contribution in [0.5, 0.6) is 0 Å². The Hall–Kier alpha value is -5.00. The summed E-state index contributed by atoms with van der Waals surface area (Å²) in [4.78, 5) is 31.2. The molecule has 2 aromatic heterocycles. The van der Waals surface area contributed by atoms with Crippen LogP contribution in [0.4, 0.5) is 11.4 Å². The third-order valence-corrected chi connectivity index (χ3v) is 8.48. The molecule has 5 aromatic rings. The average Bonchev–Trinajstić information content (AvgIpc) is 3.66. The van der Waals surface area contributed by atoms with Crippen LogP contribution in [0.1, 0.15) is 33.8 Å². The fourth-order valence-electron chi connectivity index (χ4n) is 5.13. The van der Waals surface area contributed by atoms with E-state index in [0.717, 1.165) is 32.6 Å². The van der Waals surface area contributed by atoms with Crippen LogP contribution in [0, 0.1) is 10.1 Å². The summed E-state index contributed by atoms with van der Waals surface area (Å²) in [5, 5.41) is 15.1. The first-order valence-corrected chi connectivity index (χ1v) is 14.5. The first kappa shape index (κ1) is 28.1. The van der Waals surface area contributed by atoms with Crippen molar-refractivity contribution in [3.63, 3.8) is 0 Å². The van der Waals surface area contributed by atoms with E-state index >= 15 is 0 Å². The number of carbonyl (C=O) groups excluding carboxylic acids is 1. The zero-order valence-corrected chi connectivity index (χ0v) is 24.5. The molecule has 2 atom stereocenters. The third-order valence-electron chi connectivity index (χ3n) is 7.15. The number of esters is 1. The quantitative estimate of drug-likeness (QED) is 0.0874. The second kappa shape index (κ2) is 12.1. The van der Waals surface area contributed by atoms with E-state index in [9.17, 15) is 14.9 Å². The molecule has 0 saturated carbocycles. The van der Waals surface area contributed by atoms with Gasteiger partial charge in [-0.25, -0.2) is 4.79 Å². The Labute approximate surface area is 257 Å². The highest BCUT2D eigenvalue weighted by molar-refractivity contribution is 7.99. The highest BCUT2D eigenvalue weighted by atomic mass is 32.2. The van der Waals surface area contributed by atoms with Gasteiger partial charge in [-0.3, -0.25) is 15.1 Å². The number of nitrogens with zero attached hydrogens (tertiary/aromatic N) is 4. The first-order chi connectivity index (χ1) is 20.9. The first-order valence-electron chi connectivity index (χ1n) is 13.3. The Kier molecular flexibility index (Phi) is 7.91. The van der Waals surface area contributed by atoms with E-state index < -0.39 is 4.92 Å². The number of thiocarbonyl (C=S) groups is 1. The van der Waals surface area contributed by atoms with Gasteiger partial charge in [-0.1, -0.05) is 17.8 Å². The molecular formula is C32H25N5O4S2. The van der Waals surface area contributed by atoms with Crippen molar-refractivity contribution in [2.24, 2.45) is 0 Å². The number of methoxy groups -OCH3 is 1. The largest absolute Gasteiger partial charge is 0.465 e. The van der Waals surface area contributed by atoms with Gasteiger partial charge in [0.15, 0.2) is 5.11 Å². The fourth-order valence-corrected chi connectivity index (χ4v) is 6.29. The Morgan fingerprint density at radius 2 is 1.60 bits per heavy atom. The van der Waals surface area contributed by atoms with Gasteiger partial charge in [0.2, 0.25) is 0 Å². The zero-order chi connectivity index (χ0) is 29.9. The van der Waals surface area contributed by atoms with E-state index in [4.69, 9.17) is 17.0 Å². The third kappa shape index (κ3) is 5.72. The number of benzene rings is 3. The van der Waals surface area contributed by atoms with Crippen LogP contribution in [0.2, 0.25) is 0 Å². The van der Waals surface area contributed by atoms with Gasteiger partial charge >= 0.3 is 5.97 Å². The molecule has 0 amide bonds. The number of nitro benzene ring substituents is 1. The zero-order valence-electron chi connectivity index (χ0n) is 22.9. The van der Waals surface area contributed by atoms with Crippen LogP contribution < -0.4 is 10.2 Å². The smallest absolute Gasteiger partial charge is 0.337 e. The molecule has 1 saturated heterocycles. The van der Waals surface area contributed by atoms with E-state index in [2.05, 4.69) is 25.8 Å². The molecule has 0 bridgehead atoms. The highest BCUT2D eigenvalue weighted by Gasteiger charge is 2.42. The molecule has 1 aliphatic heterocycles. The SMILES string of the molecule is COC(=O)c1ccc(-n2cccc2[C@H]2[C@H](c3ccccn3)NC(=S)N2c2ccc(Sc3ccc([N+](=O)[O-])cc3)cc2)cc1. The number of nitro groups is 1. The predicted molar refractivity (Wildman–Crippen MR) is 169 cm³/mol. The minimum Gasteiger partial charge on any atom is -0.465 e. The lowest BCUT2D eigenvalue weighted by Crippen LogP contribution is -2.30. The summed E-state index contributed by atoms with van der Waals surface area (Å²) in [6.45, 7) is 0. The number of hydrogen-bond donors (Lipinski definition) is 1. The van der Waals surface area contributed by atoms with E-state index in [1.54, 1.807) is 30.5 Å². The summed E-state index contributed by atoms with van der Waals surface area (Å²) >= 11 is 7.43. The van der Waals surface area contributed by atoms with E-state index in [-0.39, 0.29) is 23.7 Å². The molecule has 1 aliphatic rings. The molecule has 1 N–H and O–H groups in total. The summed E-state index contributed by atoms with van der Waals surface area (Å²) in [6, 6.07) is 31.3. The fraction of sp³-hybridized carbons (Fsp3) is 0.0938. The normalized spacial score (nSPS) is 16.1. The van der Waals surface area contributed by atoms with E-state index in [0.29, 0.717) is 10.7 Å². The van der Waals surface area contributed by atoms with Crippen molar-refractivity contribution in [1.29, 1.82) is 0 Å². The molecule has 214 valence electrons. The molecule has 3 aromatic carbocycles. The maximum absolute atomic E-state index is 12.0. The van der Waals surface area contributed by atoms with Crippen molar-refractivity contribution in [2.45, 2.75) is 21.9 Å². The molecule has 11 heteroatoms. The lowest BCUT2D eigenvalue weighted by atomic mass is 10.0. The number of pyridine rings is 1. The van der Waals surface area contributed by atoms with Crippen molar-refractivity contribution in [3.8, 4) is 5.69 Å². The van der Waals surface area contributed by atoms with Crippen LogP contribution >= 0.6 is 24.0 Å². The van der Waals surface area contributed by atoms with Gasteiger partial charge in [-0.05, 0) is 97.1 Å². The summed E-state index contributed by atoms with van der Waals surface area (Å²) in [5.74, 6) is -0.388. The van der Waals surface area contributed by atoms with E-state index in [1.165, 1.54) is 31.0 Å². The van der Waals surface area contributed by atoms with E-state index in [1.807, 2.05) is 66.9 Å². The van der Waals surface area contributed by atoms with Crippen molar-refractivity contribution in [2.75, 3.05) is 12.0 Å². The minimum atomic E-state index is -0.404. The number of hydrogen-bond acceptors (Lipinski definition) is 7. The van der Waals surface area contributed by atoms with Crippen LogP contribution in [-0.2, 0) is 4.74 Å². The molecule has 43 heavy (non-hydrogen) atoms. The van der Waals surface area contributed by atoms with Crippen molar-refractivity contribution in [1.82, 2.24) is 14.9 Å². The Balaban J connectivity index is 1.34. The van der Waals surface area contributed by atoms with Gasteiger partial charge in [0, 0.05) is 51.4 Å². The minimum absolute atomic E-state index is 0.0624. The molecule has 0 radical (unpaired) electrons. The lowest BCUT2D eigenvalue weighted by Gasteiger charge is -2.29. The molecular weight excluding hydrogens is 583 g/mol. The Morgan fingerprint density at radius 1 is 0.930 bits per heavy atom. The molecule has 0 spiro atoms. The number of nitrogens with one attached hydrogen (secondary N) is 1. The second-order valence-electron chi connectivity index (χ2n) is 9.69.